The number of aromatic nitrogens is 2. The summed E-state index contributed by atoms with van der Waals surface area (Å²) in [4.78, 5) is 0. The van der Waals surface area contributed by atoms with Crippen molar-refractivity contribution in [2.45, 2.75) is 78.1 Å². The fraction of sp³-hybridized carbons (Fsp3) is 0.824. The van der Waals surface area contributed by atoms with E-state index in [0.29, 0.717) is 0 Å². The summed E-state index contributed by atoms with van der Waals surface area (Å²) in [5.74, 6) is 0. The van der Waals surface area contributed by atoms with Crippen LogP contribution in [0.3, 0.4) is 0 Å². The van der Waals surface area contributed by atoms with Gasteiger partial charge >= 0.3 is 0 Å². The van der Waals surface area contributed by atoms with Gasteiger partial charge in [-0.1, -0.05) is 64.7 Å². The first-order valence-corrected chi connectivity index (χ1v) is 8.48. The van der Waals surface area contributed by atoms with Crippen LogP contribution in [0.15, 0.2) is 6.20 Å². The number of nitrogens with one attached hydrogen (secondary N) is 1. The Balaban J connectivity index is 1.86. The summed E-state index contributed by atoms with van der Waals surface area (Å²) in [6.07, 6.45) is 16.0. The maximum atomic E-state index is 4.34. The summed E-state index contributed by atoms with van der Waals surface area (Å²) in [5, 5.41) is 7.81. The van der Waals surface area contributed by atoms with Gasteiger partial charge in [0.05, 0.1) is 11.4 Å². The van der Waals surface area contributed by atoms with Gasteiger partial charge in [-0.15, -0.1) is 0 Å². The minimum Gasteiger partial charge on any atom is -0.382 e. The third kappa shape index (κ3) is 7.56. The highest BCUT2D eigenvalue weighted by molar-refractivity contribution is 5.45. The van der Waals surface area contributed by atoms with Crippen molar-refractivity contribution >= 4 is 5.69 Å². The van der Waals surface area contributed by atoms with Crippen LogP contribution in [0.5, 0.6) is 0 Å². The van der Waals surface area contributed by atoms with Crippen molar-refractivity contribution < 1.29 is 0 Å². The topological polar surface area (TPSA) is 29.9 Å². The molecule has 1 heterocycles. The molecule has 20 heavy (non-hydrogen) atoms. The predicted molar refractivity (Wildman–Crippen MR) is 88.3 cm³/mol. The largest absolute Gasteiger partial charge is 0.382 e. The van der Waals surface area contributed by atoms with E-state index in [1.165, 1.54) is 69.9 Å². The summed E-state index contributed by atoms with van der Waals surface area (Å²) in [5.41, 5.74) is 2.28. The van der Waals surface area contributed by atoms with Gasteiger partial charge in [0.25, 0.3) is 0 Å². The standard InChI is InChI=1S/C17H33N3/c1-4-5-6-7-8-9-10-11-12-13-14-18-17-15-20(3)19-16(17)2/h15,18H,4-14H2,1-3H3. The van der Waals surface area contributed by atoms with Crippen LogP contribution in [0.4, 0.5) is 5.69 Å². The molecule has 0 radical (unpaired) electrons. The number of aryl methyl sites for hydroxylation is 2. The Bertz CT molecular complexity index is 344. The van der Waals surface area contributed by atoms with Gasteiger partial charge in [-0.25, -0.2) is 0 Å². The van der Waals surface area contributed by atoms with Crippen LogP contribution in [0.1, 0.15) is 76.8 Å². The summed E-state index contributed by atoms with van der Waals surface area (Å²) in [7, 11) is 1.97. The van der Waals surface area contributed by atoms with Crippen LogP contribution in [0, 0.1) is 6.92 Å². The summed E-state index contributed by atoms with van der Waals surface area (Å²) >= 11 is 0. The van der Waals surface area contributed by atoms with Gasteiger partial charge in [-0.3, -0.25) is 4.68 Å². The SMILES string of the molecule is CCCCCCCCCCCCNc1cn(C)nc1C. The normalized spacial score (nSPS) is 10.9. The van der Waals surface area contributed by atoms with Crippen LogP contribution in [0.2, 0.25) is 0 Å². The molecular weight excluding hydrogens is 246 g/mol. The van der Waals surface area contributed by atoms with Gasteiger partial charge in [-0.2, -0.15) is 5.10 Å². The lowest BCUT2D eigenvalue weighted by Gasteiger charge is -2.05. The number of nitrogens with zero attached hydrogens (tertiary/aromatic N) is 2. The fourth-order valence-electron chi connectivity index (χ4n) is 2.61. The van der Waals surface area contributed by atoms with E-state index in [9.17, 15) is 0 Å². The predicted octanol–water partition coefficient (Wildman–Crippen LogP) is 5.06. The number of hydrogen-bond acceptors (Lipinski definition) is 2. The second-order valence-corrected chi connectivity index (χ2v) is 5.91. The van der Waals surface area contributed by atoms with Crippen molar-refractivity contribution in [3.63, 3.8) is 0 Å². The lowest BCUT2D eigenvalue weighted by molar-refractivity contribution is 0.560. The number of hydrogen-bond donors (Lipinski definition) is 1. The van der Waals surface area contributed by atoms with E-state index in [1.807, 2.05) is 11.7 Å². The molecule has 116 valence electrons. The van der Waals surface area contributed by atoms with Crippen LogP contribution in [0.25, 0.3) is 0 Å². The highest BCUT2D eigenvalue weighted by Gasteiger charge is 2.00. The quantitative estimate of drug-likeness (QED) is 0.542. The van der Waals surface area contributed by atoms with Crippen molar-refractivity contribution in [3.8, 4) is 0 Å². The van der Waals surface area contributed by atoms with Crippen LogP contribution >= 0.6 is 0 Å². The first kappa shape index (κ1) is 17.1. The molecule has 0 saturated heterocycles. The zero-order valence-corrected chi connectivity index (χ0v) is 13.7. The van der Waals surface area contributed by atoms with E-state index in [2.05, 4.69) is 30.5 Å². The lowest BCUT2D eigenvalue weighted by atomic mass is 10.1. The Morgan fingerprint density at radius 1 is 0.950 bits per heavy atom. The minimum atomic E-state index is 1.07. The van der Waals surface area contributed by atoms with E-state index in [0.717, 1.165) is 12.2 Å². The Morgan fingerprint density at radius 2 is 1.50 bits per heavy atom. The van der Waals surface area contributed by atoms with Gasteiger partial charge < -0.3 is 5.32 Å². The fourth-order valence-corrected chi connectivity index (χ4v) is 2.61. The molecule has 1 rings (SSSR count). The van der Waals surface area contributed by atoms with Gasteiger partial charge in [-0.05, 0) is 13.3 Å². The molecule has 3 heteroatoms. The highest BCUT2D eigenvalue weighted by atomic mass is 15.3. The molecule has 0 fully saturated rings. The third-order valence-corrected chi connectivity index (χ3v) is 3.86. The molecule has 0 amide bonds. The molecule has 1 aromatic rings. The number of unbranched alkanes of at least 4 members (excludes halogenated alkanes) is 9. The Hall–Kier alpha value is -0.990. The van der Waals surface area contributed by atoms with Crippen LogP contribution in [-0.2, 0) is 7.05 Å². The molecule has 0 aromatic carbocycles. The Morgan fingerprint density at radius 3 is 2.00 bits per heavy atom. The molecule has 1 aromatic heterocycles. The number of anilines is 1. The molecule has 0 bridgehead atoms. The van der Waals surface area contributed by atoms with E-state index in [1.54, 1.807) is 0 Å². The third-order valence-electron chi connectivity index (χ3n) is 3.86. The van der Waals surface area contributed by atoms with Crippen LogP contribution in [-0.4, -0.2) is 16.3 Å². The van der Waals surface area contributed by atoms with E-state index >= 15 is 0 Å². The average molecular weight is 279 g/mol. The van der Waals surface area contributed by atoms with Crippen molar-refractivity contribution in [2.24, 2.45) is 7.05 Å². The lowest BCUT2D eigenvalue weighted by Crippen LogP contribution is -2.01. The molecule has 1 N–H and O–H groups in total. The maximum Gasteiger partial charge on any atom is 0.0824 e. The molecule has 0 atom stereocenters. The van der Waals surface area contributed by atoms with Gasteiger partial charge in [0.1, 0.15) is 0 Å². The maximum absolute atomic E-state index is 4.34. The van der Waals surface area contributed by atoms with Gasteiger partial charge in [0.2, 0.25) is 0 Å². The van der Waals surface area contributed by atoms with E-state index in [-0.39, 0.29) is 0 Å². The second-order valence-electron chi connectivity index (χ2n) is 5.91. The monoisotopic (exact) mass is 279 g/mol. The molecular formula is C17H33N3. The second kappa shape index (κ2) is 10.8. The van der Waals surface area contributed by atoms with Crippen LogP contribution < -0.4 is 5.32 Å². The van der Waals surface area contributed by atoms with E-state index < -0.39 is 0 Å². The first-order valence-electron chi connectivity index (χ1n) is 8.48. The van der Waals surface area contributed by atoms with Gasteiger partial charge in [0.15, 0.2) is 0 Å². The molecule has 0 aliphatic heterocycles. The smallest absolute Gasteiger partial charge is 0.0824 e. The highest BCUT2D eigenvalue weighted by Crippen LogP contribution is 2.13. The van der Waals surface area contributed by atoms with Crippen molar-refractivity contribution in [1.82, 2.24) is 9.78 Å². The van der Waals surface area contributed by atoms with Crippen molar-refractivity contribution in [1.29, 1.82) is 0 Å². The molecule has 3 nitrogen and oxygen atoms in total. The Labute approximate surface area is 125 Å². The number of rotatable bonds is 12. The average Bonchev–Trinajstić information content (AvgIpc) is 2.74. The zero-order valence-electron chi connectivity index (χ0n) is 13.7. The summed E-state index contributed by atoms with van der Waals surface area (Å²) in [6, 6.07) is 0. The van der Waals surface area contributed by atoms with E-state index in [4.69, 9.17) is 0 Å². The molecule has 0 aliphatic carbocycles. The van der Waals surface area contributed by atoms with Gasteiger partial charge in [0, 0.05) is 19.8 Å². The summed E-state index contributed by atoms with van der Waals surface area (Å²) < 4.78 is 1.87. The van der Waals surface area contributed by atoms with Crippen molar-refractivity contribution in [2.75, 3.05) is 11.9 Å². The first-order chi connectivity index (χ1) is 9.74. The minimum absolute atomic E-state index is 1.07. The molecule has 0 unspecified atom stereocenters. The summed E-state index contributed by atoms with van der Waals surface area (Å²) in [6.45, 7) is 5.41. The molecule has 0 aliphatic rings. The van der Waals surface area contributed by atoms with Crippen molar-refractivity contribution in [3.05, 3.63) is 11.9 Å². The molecule has 0 saturated carbocycles. The zero-order chi connectivity index (χ0) is 14.6. The molecule has 0 spiro atoms. The Kier molecular flexibility index (Phi) is 9.18.